The van der Waals surface area contributed by atoms with Crippen molar-refractivity contribution in [1.29, 1.82) is 5.26 Å². The van der Waals surface area contributed by atoms with Crippen LogP contribution in [0.4, 0.5) is 0 Å². The number of pyridine rings is 1. The Bertz CT molecular complexity index is 1310. The van der Waals surface area contributed by atoms with Crippen LogP contribution in [0.2, 0.25) is 5.02 Å². The van der Waals surface area contributed by atoms with Gasteiger partial charge in [-0.1, -0.05) is 11.6 Å². The highest BCUT2D eigenvalue weighted by molar-refractivity contribution is 6.34. The Morgan fingerprint density at radius 3 is 2.97 bits per heavy atom. The molecule has 31 heavy (non-hydrogen) atoms. The summed E-state index contributed by atoms with van der Waals surface area (Å²) >= 11 is 6.40. The zero-order chi connectivity index (χ0) is 21.5. The third kappa shape index (κ3) is 3.35. The maximum atomic E-state index is 9.26. The van der Waals surface area contributed by atoms with E-state index in [0.717, 1.165) is 22.5 Å². The monoisotopic (exact) mass is 434 g/mol. The summed E-state index contributed by atoms with van der Waals surface area (Å²) in [6.07, 6.45) is 7.00. The molecule has 4 aromatic heterocycles. The van der Waals surface area contributed by atoms with Gasteiger partial charge in [0.25, 0.3) is 0 Å². The Hall–Kier alpha value is -3.64. The Morgan fingerprint density at radius 1 is 1.32 bits per heavy atom. The van der Waals surface area contributed by atoms with E-state index in [1.54, 1.807) is 21.8 Å². The maximum Gasteiger partial charge on any atom is 0.179 e. The lowest BCUT2D eigenvalue weighted by Crippen LogP contribution is -2.30. The summed E-state index contributed by atoms with van der Waals surface area (Å²) < 4.78 is 9.94. The number of hydrogen-bond acceptors (Lipinski definition) is 7. The van der Waals surface area contributed by atoms with Gasteiger partial charge >= 0.3 is 0 Å². The molecular weight excluding hydrogens is 416 g/mol. The average Bonchev–Trinajstić information content (AvgIpc) is 3.34. The maximum absolute atomic E-state index is 9.26. The summed E-state index contributed by atoms with van der Waals surface area (Å²) in [5.41, 5.74) is 5.16. The fourth-order valence-corrected chi connectivity index (χ4v) is 4.08. The Balaban J connectivity index is 1.59. The van der Waals surface area contributed by atoms with Crippen molar-refractivity contribution in [2.75, 3.05) is 6.54 Å². The van der Waals surface area contributed by atoms with Crippen LogP contribution in [0.25, 0.3) is 16.8 Å². The molecule has 0 saturated carbocycles. The van der Waals surface area contributed by atoms with E-state index in [1.807, 2.05) is 42.9 Å². The third-order valence-electron chi connectivity index (χ3n) is 5.50. The lowest BCUT2D eigenvalue weighted by molar-refractivity contribution is 0.222. The van der Waals surface area contributed by atoms with Crippen LogP contribution >= 0.6 is 11.6 Å². The molecular formula is C21H19ClN8O. The molecule has 5 heterocycles. The predicted octanol–water partition coefficient (Wildman–Crippen LogP) is 3.39. The molecule has 156 valence electrons. The van der Waals surface area contributed by atoms with E-state index in [0.29, 0.717) is 41.6 Å². The molecule has 0 aromatic carbocycles. The van der Waals surface area contributed by atoms with Crippen molar-refractivity contribution in [1.82, 2.24) is 34.5 Å². The van der Waals surface area contributed by atoms with Crippen molar-refractivity contribution in [3.63, 3.8) is 0 Å². The highest BCUT2D eigenvalue weighted by atomic mass is 35.5. The molecule has 0 amide bonds. The minimum Gasteiger partial charge on any atom is -0.482 e. The molecule has 0 bridgehead atoms. The first kappa shape index (κ1) is 19.3. The minimum absolute atomic E-state index is 0.334. The van der Waals surface area contributed by atoms with Gasteiger partial charge in [0.1, 0.15) is 23.1 Å². The molecule has 4 aromatic rings. The van der Waals surface area contributed by atoms with Crippen LogP contribution in [0.1, 0.15) is 30.0 Å². The molecule has 9 nitrogen and oxygen atoms in total. The molecule has 0 aliphatic carbocycles. The van der Waals surface area contributed by atoms with E-state index in [2.05, 4.69) is 21.5 Å². The van der Waals surface area contributed by atoms with Gasteiger partial charge in [-0.25, -0.2) is 4.52 Å². The summed E-state index contributed by atoms with van der Waals surface area (Å²) in [5, 5.41) is 27.0. The van der Waals surface area contributed by atoms with Gasteiger partial charge in [-0.2, -0.15) is 25.7 Å². The zero-order valence-corrected chi connectivity index (χ0v) is 17.8. The minimum atomic E-state index is -0.334. The van der Waals surface area contributed by atoms with E-state index in [9.17, 15) is 5.26 Å². The molecule has 1 unspecified atom stereocenters. The SMILES string of the molecule is Cc1c(-c2cc(OC(C)c3cccnn3)c3c(Cl)cnn3c2)nn2c1CN(C#N)CC2. The number of fused-ring (bicyclic) bond motifs is 2. The second kappa shape index (κ2) is 7.56. The van der Waals surface area contributed by atoms with Gasteiger partial charge in [-0.05, 0) is 32.0 Å². The van der Waals surface area contributed by atoms with E-state index in [-0.39, 0.29) is 6.10 Å². The molecule has 5 rings (SSSR count). The number of nitriles is 1. The fourth-order valence-electron chi connectivity index (χ4n) is 3.86. The van der Waals surface area contributed by atoms with Crippen LogP contribution in [0.15, 0.2) is 36.8 Å². The summed E-state index contributed by atoms with van der Waals surface area (Å²) in [6, 6.07) is 5.62. The number of halogens is 1. The van der Waals surface area contributed by atoms with E-state index >= 15 is 0 Å². The molecule has 10 heteroatoms. The number of ether oxygens (including phenoxy) is 1. The molecule has 0 fully saturated rings. The zero-order valence-electron chi connectivity index (χ0n) is 17.0. The van der Waals surface area contributed by atoms with E-state index in [1.165, 1.54) is 0 Å². The van der Waals surface area contributed by atoms with Gasteiger partial charge in [0.15, 0.2) is 6.19 Å². The summed E-state index contributed by atoms with van der Waals surface area (Å²) in [4.78, 5) is 1.74. The average molecular weight is 435 g/mol. The number of aromatic nitrogens is 6. The van der Waals surface area contributed by atoms with Crippen molar-refractivity contribution >= 4 is 17.1 Å². The molecule has 1 atom stereocenters. The highest BCUT2D eigenvalue weighted by Crippen LogP contribution is 2.36. The highest BCUT2D eigenvalue weighted by Gasteiger charge is 2.24. The van der Waals surface area contributed by atoms with Gasteiger partial charge in [-0.3, -0.25) is 4.68 Å². The lowest BCUT2D eigenvalue weighted by Gasteiger charge is -2.22. The van der Waals surface area contributed by atoms with Crippen LogP contribution < -0.4 is 4.74 Å². The summed E-state index contributed by atoms with van der Waals surface area (Å²) in [7, 11) is 0. The first-order valence-electron chi connectivity index (χ1n) is 9.87. The van der Waals surface area contributed by atoms with Crippen molar-refractivity contribution in [3.05, 3.63) is 58.8 Å². The standard InChI is InChI=1S/C21H19ClN8O/c1-13-18-11-28(12-23)6-7-29(18)27-20(13)15-8-19(21-16(22)9-25-30(21)10-15)31-14(2)17-4-3-5-24-26-17/h3-5,8-10,14H,6-7,11H2,1-2H3. The second-order valence-electron chi connectivity index (χ2n) is 7.45. The van der Waals surface area contributed by atoms with Crippen molar-refractivity contribution in [2.24, 2.45) is 0 Å². The Morgan fingerprint density at radius 2 is 2.19 bits per heavy atom. The predicted molar refractivity (Wildman–Crippen MR) is 113 cm³/mol. The molecule has 0 N–H and O–H groups in total. The topological polar surface area (TPSA) is 97.2 Å². The summed E-state index contributed by atoms with van der Waals surface area (Å²) in [6.45, 7) is 5.82. The molecule has 1 aliphatic heterocycles. The van der Waals surface area contributed by atoms with Crippen LogP contribution in [0, 0.1) is 18.4 Å². The van der Waals surface area contributed by atoms with Gasteiger partial charge in [-0.15, -0.1) is 0 Å². The summed E-state index contributed by atoms with van der Waals surface area (Å²) in [5.74, 6) is 0.585. The van der Waals surface area contributed by atoms with Crippen molar-refractivity contribution in [3.8, 4) is 23.2 Å². The second-order valence-corrected chi connectivity index (χ2v) is 7.86. The molecule has 0 radical (unpaired) electrons. The smallest absolute Gasteiger partial charge is 0.179 e. The largest absolute Gasteiger partial charge is 0.482 e. The van der Waals surface area contributed by atoms with Gasteiger partial charge in [0, 0.05) is 30.1 Å². The van der Waals surface area contributed by atoms with Crippen molar-refractivity contribution < 1.29 is 4.74 Å². The first-order valence-corrected chi connectivity index (χ1v) is 10.3. The number of nitrogens with zero attached hydrogens (tertiary/aromatic N) is 8. The van der Waals surface area contributed by atoms with Gasteiger partial charge in [0.2, 0.25) is 0 Å². The van der Waals surface area contributed by atoms with Crippen LogP contribution in [-0.2, 0) is 13.1 Å². The van der Waals surface area contributed by atoms with Crippen LogP contribution in [0.3, 0.4) is 0 Å². The van der Waals surface area contributed by atoms with Gasteiger partial charge in [0.05, 0.1) is 35.7 Å². The Labute approximate surface area is 183 Å². The first-order chi connectivity index (χ1) is 15.0. The fraction of sp³-hybridized carbons (Fsp3) is 0.286. The quantitative estimate of drug-likeness (QED) is 0.454. The normalized spacial score (nSPS) is 14.3. The lowest BCUT2D eigenvalue weighted by atomic mass is 10.1. The third-order valence-corrected chi connectivity index (χ3v) is 5.78. The van der Waals surface area contributed by atoms with Gasteiger partial charge < -0.3 is 9.64 Å². The number of rotatable bonds is 4. The Kier molecular flexibility index (Phi) is 4.71. The molecule has 0 spiro atoms. The van der Waals surface area contributed by atoms with E-state index in [4.69, 9.17) is 21.4 Å². The van der Waals surface area contributed by atoms with Crippen LogP contribution in [0.5, 0.6) is 5.75 Å². The number of hydrogen-bond donors (Lipinski definition) is 0. The van der Waals surface area contributed by atoms with Crippen LogP contribution in [-0.4, -0.2) is 41.0 Å². The molecule has 0 saturated heterocycles. The van der Waals surface area contributed by atoms with Crippen molar-refractivity contribution in [2.45, 2.75) is 33.0 Å². The molecule has 1 aliphatic rings. The van der Waals surface area contributed by atoms with E-state index < -0.39 is 0 Å².